The predicted molar refractivity (Wildman–Crippen MR) is 89.1 cm³/mol. The Hall–Kier alpha value is -1.89. The van der Waals surface area contributed by atoms with Gasteiger partial charge < -0.3 is 15.0 Å². The standard InChI is InChI=1S/C15H14Cl2N4O2/c1-23-13-9-3-2-4-10(16)12(9)21(14(13)22)8-7-19-15-18-6-5-11(17)20-15/h2-6,13H,7-8H2,1H3,(H,18,19,20). The maximum Gasteiger partial charge on any atom is 0.260 e. The van der Waals surface area contributed by atoms with Gasteiger partial charge in [0.05, 0.1) is 10.7 Å². The van der Waals surface area contributed by atoms with E-state index in [4.69, 9.17) is 27.9 Å². The van der Waals surface area contributed by atoms with Crippen molar-refractivity contribution in [3.63, 3.8) is 0 Å². The number of aromatic nitrogens is 2. The van der Waals surface area contributed by atoms with Gasteiger partial charge in [0.15, 0.2) is 6.10 Å². The van der Waals surface area contributed by atoms with E-state index in [0.717, 1.165) is 5.56 Å². The smallest absolute Gasteiger partial charge is 0.260 e. The highest BCUT2D eigenvalue weighted by Gasteiger charge is 2.38. The van der Waals surface area contributed by atoms with Gasteiger partial charge in [-0.15, -0.1) is 0 Å². The van der Waals surface area contributed by atoms with Crippen LogP contribution >= 0.6 is 23.2 Å². The zero-order valence-corrected chi connectivity index (χ0v) is 13.8. The van der Waals surface area contributed by atoms with E-state index >= 15 is 0 Å². The Labute approximate surface area is 143 Å². The molecule has 1 aromatic heterocycles. The summed E-state index contributed by atoms with van der Waals surface area (Å²) in [5, 5.41) is 3.91. The summed E-state index contributed by atoms with van der Waals surface area (Å²) in [6.07, 6.45) is 0.942. The molecule has 6 nitrogen and oxygen atoms in total. The van der Waals surface area contributed by atoms with Crippen LogP contribution in [0.25, 0.3) is 0 Å². The van der Waals surface area contributed by atoms with Crippen LogP contribution < -0.4 is 10.2 Å². The number of amides is 1. The van der Waals surface area contributed by atoms with Crippen LogP contribution in [0.15, 0.2) is 30.5 Å². The molecule has 1 amide bonds. The van der Waals surface area contributed by atoms with Crippen LogP contribution in [-0.2, 0) is 9.53 Å². The predicted octanol–water partition coefficient (Wildman–Crippen LogP) is 2.93. The monoisotopic (exact) mass is 352 g/mol. The summed E-state index contributed by atoms with van der Waals surface area (Å²) in [5.41, 5.74) is 1.48. The number of carbonyl (C=O) groups is 1. The maximum absolute atomic E-state index is 12.5. The molecule has 2 heterocycles. The molecule has 8 heteroatoms. The van der Waals surface area contributed by atoms with Crippen molar-refractivity contribution in [2.75, 3.05) is 30.4 Å². The molecule has 0 saturated carbocycles. The molecule has 0 fully saturated rings. The molecule has 1 atom stereocenters. The largest absolute Gasteiger partial charge is 0.367 e. The van der Waals surface area contributed by atoms with E-state index in [1.54, 1.807) is 23.2 Å². The summed E-state index contributed by atoms with van der Waals surface area (Å²) in [6, 6.07) is 7.00. The lowest BCUT2D eigenvalue weighted by molar-refractivity contribution is -0.127. The van der Waals surface area contributed by atoms with Gasteiger partial charge in [0, 0.05) is 32.0 Å². The number of nitrogens with one attached hydrogen (secondary N) is 1. The highest BCUT2D eigenvalue weighted by molar-refractivity contribution is 6.34. The van der Waals surface area contributed by atoms with E-state index in [-0.39, 0.29) is 5.91 Å². The maximum atomic E-state index is 12.5. The van der Waals surface area contributed by atoms with E-state index in [0.29, 0.717) is 34.9 Å². The zero-order chi connectivity index (χ0) is 16.4. The number of fused-ring (bicyclic) bond motifs is 1. The van der Waals surface area contributed by atoms with Crippen molar-refractivity contribution in [1.82, 2.24) is 9.97 Å². The molecule has 1 N–H and O–H groups in total. The van der Waals surface area contributed by atoms with E-state index in [1.165, 1.54) is 7.11 Å². The van der Waals surface area contributed by atoms with Crippen LogP contribution in [-0.4, -0.2) is 36.1 Å². The molecule has 2 aromatic rings. The number of halogens is 2. The molecule has 0 bridgehead atoms. The third-order valence-corrected chi connectivity index (χ3v) is 4.05. The Balaban J connectivity index is 1.74. The number of hydrogen-bond donors (Lipinski definition) is 1. The molecular formula is C15H14Cl2N4O2. The molecule has 0 radical (unpaired) electrons. The van der Waals surface area contributed by atoms with Crippen molar-refractivity contribution >= 4 is 40.7 Å². The fourth-order valence-electron chi connectivity index (χ4n) is 2.56. The van der Waals surface area contributed by atoms with Crippen molar-refractivity contribution < 1.29 is 9.53 Å². The Kier molecular flexibility index (Phi) is 4.66. The number of rotatable bonds is 5. The van der Waals surface area contributed by atoms with Crippen LogP contribution in [0, 0.1) is 0 Å². The number of nitrogens with zero attached hydrogens (tertiary/aromatic N) is 3. The molecular weight excluding hydrogens is 339 g/mol. The van der Waals surface area contributed by atoms with Gasteiger partial charge >= 0.3 is 0 Å². The first kappa shape index (κ1) is 16.0. The summed E-state index contributed by atoms with van der Waals surface area (Å²) in [6.45, 7) is 0.860. The fraction of sp³-hybridized carbons (Fsp3) is 0.267. The number of para-hydroxylation sites is 1. The van der Waals surface area contributed by atoms with Crippen LogP contribution in [0.5, 0.6) is 0 Å². The fourth-order valence-corrected chi connectivity index (χ4v) is 2.98. The molecule has 120 valence electrons. The second kappa shape index (κ2) is 6.70. The number of anilines is 2. The number of carbonyl (C=O) groups excluding carboxylic acids is 1. The van der Waals surface area contributed by atoms with Gasteiger partial charge in [-0.2, -0.15) is 0 Å². The van der Waals surface area contributed by atoms with Gasteiger partial charge in [-0.3, -0.25) is 4.79 Å². The minimum atomic E-state index is -0.619. The van der Waals surface area contributed by atoms with E-state index in [2.05, 4.69) is 15.3 Å². The molecule has 0 spiro atoms. The Morgan fingerprint density at radius 1 is 1.35 bits per heavy atom. The van der Waals surface area contributed by atoms with Gasteiger partial charge in [-0.05, 0) is 12.1 Å². The highest BCUT2D eigenvalue weighted by Crippen LogP contribution is 2.42. The van der Waals surface area contributed by atoms with Gasteiger partial charge in [0.25, 0.3) is 5.91 Å². The topological polar surface area (TPSA) is 67.3 Å². The second-order valence-corrected chi connectivity index (χ2v) is 5.71. The van der Waals surface area contributed by atoms with Gasteiger partial charge in [0.2, 0.25) is 5.95 Å². The van der Waals surface area contributed by atoms with Crippen LogP contribution in [0.2, 0.25) is 10.2 Å². The average Bonchev–Trinajstić information content (AvgIpc) is 2.80. The molecule has 3 rings (SSSR count). The van der Waals surface area contributed by atoms with Crippen LogP contribution in [0.4, 0.5) is 11.6 Å². The van der Waals surface area contributed by atoms with Crippen molar-refractivity contribution in [2.24, 2.45) is 0 Å². The van der Waals surface area contributed by atoms with E-state index < -0.39 is 6.10 Å². The number of hydrogen-bond acceptors (Lipinski definition) is 5. The average molecular weight is 353 g/mol. The SMILES string of the molecule is COC1C(=O)N(CCNc2nccc(Cl)n2)c2c(Cl)cccc21. The quantitative estimate of drug-likeness (QED) is 0.838. The summed E-state index contributed by atoms with van der Waals surface area (Å²) >= 11 is 12.1. The molecule has 1 unspecified atom stereocenters. The molecule has 0 aliphatic carbocycles. The Bertz CT molecular complexity index is 741. The van der Waals surface area contributed by atoms with Crippen molar-refractivity contribution in [2.45, 2.75) is 6.10 Å². The lowest BCUT2D eigenvalue weighted by atomic mass is 10.1. The third kappa shape index (κ3) is 3.10. The number of methoxy groups -OCH3 is 1. The summed E-state index contributed by atoms with van der Waals surface area (Å²) in [5.74, 6) is 0.274. The first-order valence-corrected chi connectivity index (χ1v) is 7.72. The zero-order valence-electron chi connectivity index (χ0n) is 12.3. The number of benzene rings is 1. The normalized spacial score (nSPS) is 16.6. The van der Waals surface area contributed by atoms with Gasteiger partial charge in [-0.25, -0.2) is 9.97 Å². The molecule has 1 aromatic carbocycles. The lowest BCUT2D eigenvalue weighted by Crippen LogP contribution is -2.34. The second-order valence-electron chi connectivity index (χ2n) is 4.91. The molecule has 1 aliphatic rings. The van der Waals surface area contributed by atoms with Crippen molar-refractivity contribution in [3.8, 4) is 0 Å². The minimum absolute atomic E-state index is 0.135. The summed E-state index contributed by atoms with van der Waals surface area (Å²) < 4.78 is 5.30. The van der Waals surface area contributed by atoms with Crippen molar-refractivity contribution in [1.29, 1.82) is 0 Å². The molecule has 0 saturated heterocycles. The summed E-state index contributed by atoms with van der Waals surface area (Å²) in [7, 11) is 1.51. The van der Waals surface area contributed by atoms with Crippen LogP contribution in [0.1, 0.15) is 11.7 Å². The third-order valence-electron chi connectivity index (χ3n) is 3.54. The minimum Gasteiger partial charge on any atom is -0.367 e. The first-order chi connectivity index (χ1) is 11.1. The Morgan fingerprint density at radius 2 is 2.17 bits per heavy atom. The van der Waals surface area contributed by atoms with Gasteiger partial charge in [-0.1, -0.05) is 35.3 Å². The lowest BCUT2D eigenvalue weighted by Gasteiger charge is -2.18. The first-order valence-electron chi connectivity index (χ1n) is 6.97. The number of ether oxygens (including phenoxy) is 1. The summed E-state index contributed by atoms with van der Waals surface area (Å²) in [4.78, 5) is 22.2. The van der Waals surface area contributed by atoms with Gasteiger partial charge in [0.1, 0.15) is 5.15 Å². The Morgan fingerprint density at radius 3 is 2.91 bits per heavy atom. The van der Waals surface area contributed by atoms with Crippen LogP contribution in [0.3, 0.4) is 0 Å². The van der Waals surface area contributed by atoms with E-state index in [9.17, 15) is 4.79 Å². The molecule has 23 heavy (non-hydrogen) atoms. The molecule has 1 aliphatic heterocycles. The van der Waals surface area contributed by atoms with E-state index in [1.807, 2.05) is 12.1 Å². The highest BCUT2D eigenvalue weighted by atomic mass is 35.5. The van der Waals surface area contributed by atoms with Crippen molar-refractivity contribution in [3.05, 3.63) is 46.2 Å².